The minimum Gasteiger partial charge on any atom is -0.496 e. The Morgan fingerprint density at radius 3 is 2.29 bits per heavy atom. The number of anilines is 1. The zero-order valence-electron chi connectivity index (χ0n) is 26.4. The van der Waals surface area contributed by atoms with Gasteiger partial charge in [-0.25, -0.2) is 0 Å². The number of thiol groups is 1. The number of ketones is 1. The second kappa shape index (κ2) is 17.3. The molecule has 5 aromatic rings. The summed E-state index contributed by atoms with van der Waals surface area (Å²) in [6.07, 6.45) is 8.24. The van der Waals surface area contributed by atoms with Crippen LogP contribution in [0.25, 0.3) is 20.5 Å². The van der Waals surface area contributed by atoms with E-state index in [9.17, 15) is 4.79 Å². The molecule has 1 aliphatic rings. The smallest absolute Gasteiger partial charge is 0.195 e. The lowest BCUT2D eigenvalue weighted by Crippen LogP contribution is -2.19. The van der Waals surface area contributed by atoms with E-state index in [-0.39, 0.29) is 5.78 Å². The van der Waals surface area contributed by atoms with E-state index in [0.717, 1.165) is 62.8 Å². The minimum absolute atomic E-state index is 0.0259. The third-order valence-corrected chi connectivity index (χ3v) is 8.65. The molecule has 1 aliphatic heterocycles. The lowest BCUT2D eigenvalue weighted by atomic mass is 9.96. The molecule has 6 rings (SSSR count). The monoisotopic (exact) mass is 658 g/mol. The van der Waals surface area contributed by atoms with Gasteiger partial charge in [-0.2, -0.15) is 24.4 Å². The molecule has 0 saturated carbocycles. The van der Waals surface area contributed by atoms with Crippen molar-refractivity contribution in [3.63, 3.8) is 0 Å². The molecule has 1 saturated heterocycles. The first-order chi connectivity index (χ1) is 22.0. The van der Waals surface area contributed by atoms with Gasteiger partial charge >= 0.3 is 0 Å². The Hall–Kier alpha value is -3.43. The summed E-state index contributed by atoms with van der Waals surface area (Å²) in [4.78, 5) is 17.5. The summed E-state index contributed by atoms with van der Waals surface area (Å²) in [5, 5.41) is 0.911. The van der Waals surface area contributed by atoms with Crippen LogP contribution in [0.3, 0.4) is 0 Å². The molecule has 5 nitrogen and oxygen atoms in total. The van der Waals surface area contributed by atoms with E-state index < -0.39 is 0 Å². The first-order valence-electron chi connectivity index (χ1n) is 14.9. The van der Waals surface area contributed by atoms with Crippen LogP contribution >= 0.6 is 35.7 Å². The topological polar surface area (TPSA) is 64.8 Å². The van der Waals surface area contributed by atoms with Crippen LogP contribution in [-0.2, 0) is 13.2 Å². The van der Waals surface area contributed by atoms with E-state index >= 15 is 0 Å². The summed E-state index contributed by atoms with van der Waals surface area (Å²) < 4.78 is 12.8. The molecule has 45 heavy (non-hydrogen) atoms. The molecule has 0 aliphatic carbocycles. The van der Waals surface area contributed by atoms with Crippen molar-refractivity contribution in [2.24, 2.45) is 0 Å². The average Bonchev–Trinajstić information content (AvgIpc) is 3.73. The summed E-state index contributed by atoms with van der Waals surface area (Å²) in [5.41, 5.74) is 11.1. The maximum Gasteiger partial charge on any atom is 0.195 e. The molecular weight excluding hydrogens is 617 g/mol. The molecule has 236 valence electrons. The number of carbonyl (C=O) groups excluding carboxylic acids is 1. The predicted molar refractivity (Wildman–Crippen MR) is 198 cm³/mol. The van der Waals surface area contributed by atoms with Gasteiger partial charge in [0, 0.05) is 43.9 Å². The normalized spacial score (nSPS) is 12.6. The van der Waals surface area contributed by atoms with Crippen LogP contribution in [0.4, 0.5) is 5.69 Å². The predicted octanol–water partition coefficient (Wildman–Crippen LogP) is 9.09. The fourth-order valence-electron chi connectivity index (χ4n) is 5.31. The summed E-state index contributed by atoms with van der Waals surface area (Å²) in [6, 6.07) is 29.6. The van der Waals surface area contributed by atoms with Crippen molar-refractivity contribution in [1.29, 1.82) is 0 Å². The fraction of sp³-hybridized carbons (Fsp3) is 0.270. The highest BCUT2D eigenvalue weighted by molar-refractivity contribution is 7.97. The molecule has 0 radical (unpaired) electrons. The molecule has 0 bridgehead atoms. The number of benzene rings is 4. The molecule has 0 amide bonds. The quantitative estimate of drug-likeness (QED) is 0.0936. The third kappa shape index (κ3) is 8.85. The van der Waals surface area contributed by atoms with Crippen molar-refractivity contribution in [1.82, 2.24) is 4.90 Å². The summed E-state index contributed by atoms with van der Waals surface area (Å²) in [7, 11) is 1.67. The van der Waals surface area contributed by atoms with E-state index in [1.807, 2.05) is 104 Å². The summed E-state index contributed by atoms with van der Waals surface area (Å²) >= 11 is 6.87. The second-order valence-electron chi connectivity index (χ2n) is 10.6. The Bertz CT molecular complexity index is 1660. The van der Waals surface area contributed by atoms with Gasteiger partial charge in [0.2, 0.25) is 0 Å². The highest BCUT2D eigenvalue weighted by atomic mass is 32.2. The number of nitrogens with zero attached hydrogens (tertiary/aromatic N) is 1. The number of carbonyl (C=O) groups is 1. The Morgan fingerprint density at radius 1 is 0.933 bits per heavy atom. The number of thioether (sulfide) groups is 1. The first-order valence-corrected chi connectivity index (χ1v) is 18.2. The standard InChI is InChI=1S/C34H32N2O3S.C2H6S.CH4S/c1-38-30-19-25(9-10-26(30)21-36-17-5-6-18-36)33(37)32-29-16-15-28(39-22-23-7-3-2-4-8-23)20-31(29)40-34(32)24-11-13-27(35)14-12-24;1-3-2;1-2/h2-4,7-16,19-20H,5-6,17-18,21-22,35H2,1H3;1-2H3;2H,1H3. The maximum absolute atomic E-state index is 14.2. The Kier molecular flexibility index (Phi) is 13.3. The third-order valence-electron chi connectivity index (χ3n) is 7.45. The van der Waals surface area contributed by atoms with Gasteiger partial charge in [-0.05, 0) is 92.2 Å². The van der Waals surface area contributed by atoms with E-state index in [2.05, 4.69) is 17.5 Å². The Labute approximate surface area is 281 Å². The molecule has 0 unspecified atom stereocenters. The number of nitrogens with two attached hydrogens (primary N) is 1. The van der Waals surface area contributed by atoms with Gasteiger partial charge in [0.25, 0.3) is 0 Å². The van der Waals surface area contributed by atoms with Crippen molar-refractivity contribution in [2.45, 2.75) is 26.0 Å². The number of hydrogen-bond donors (Lipinski definition) is 2. The number of ether oxygens (including phenoxy) is 2. The van der Waals surface area contributed by atoms with Gasteiger partial charge < -0.3 is 15.2 Å². The van der Waals surface area contributed by atoms with E-state index in [1.54, 1.807) is 36.5 Å². The van der Waals surface area contributed by atoms with Gasteiger partial charge in [0.1, 0.15) is 18.1 Å². The number of methoxy groups -OCH3 is 1. The van der Waals surface area contributed by atoms with E-state index in [0.29, 0.717) is 23.4 Å². The molecular formula is C37H42N2O3S3. The van der Waals surface area contributed by atoms with Gasteiger partial charge in [0.15, 0.2) is 5.78 Å². The van der Waals surface area contributed by atoms with Crippen LogP contribution in [0.5, 0.6) is 11.5 Å². The number of nitrogen functional groups attached to an aromatic ring is 1. The minimum atomic E-state index is -0.0259. The first kappa shape index (κ1) is 34.4. The highest BCUT2D eigenvalue weighted by Crippen LogP contribution is 2.42. The van der Waals surface area contributed by atoms with E-state index in [1.165, 1.54) is 12.8 Å². The SMILES string of the molecule is COc1cc(C(=O)c2c(-c3ccc(N)cc3)sc3cc(OCc4ccccc4)ccc23)ccc1CN1CCCC1.CS.CSC. The summed E-state index contributed by atoms with van der Waals surface area (Å²) in [5.74, 6) is 1.50. The van der Waals surface area contributed by atoms with Gasteiger partial charge in [-0.3, -0.25) is 9.69 Å². The van der Waals surface area contributed by atoms with Crippen LogP contribution in [0.2, 0.25) is 0 Å². The lowest BCUT2D eigenvalue weighted by Gasteiger charge is -2.17. The number of rotatable bonds is 9. The van der Waals surface area contributed by atoms with E-state index in [4.69, 9.17) is 15.2 Å². The molecule has 1 aromatic heterocycles. The van der Waals surface area contributed by atoms with Crippen molar-refractivity contribution in [3.8, 4) is 21.9 Å². The fourth-order valence-corrected chi connectivity index (χ4v) is 6.55. The van der Waals surface area contributed by atoms with Gasteiger partial charge in [-0.15, -0.1) is 11.3 Å². The summed E-state index contributed by atoms with van der Waals surface area (Å²) in [6.45, 7) is 3.53. The van der Waals surface area contributed by atoms with Crippen LogP contribution in [0, 0.1) is 0 Å². The van der Waals surface area contributed by atoms with Gasteiger partial charge in [-0.1, -0.05) is 54.6 Å². The molecule has 0 atom stereocenters. The molecule has 2 heterocycles. The largest absolute Gasteiger partial charge is 0.496 e. The average molecular weight is 659 g/mol. The molecule has 8 heteroatoms. The zero-order chi connectivity index (χ0) is 32.2. The second-order valence-corrected chi connectivity index (χ2v) is 12.5. The number of thiophene rings is 1. The van der Waals surface area contributed by atoms with Crippen LogP contribution in [0.1, 0.15) is 39.9 Å². The van der Waals surface area contributed by atoms with Crippen molar-refractivity contribution in [2.75, 3.05) is 44.7 Å². The zero-order valence-corrected chi connectivity index (χ0v) is 28.9. The Balaban J connectivity index is 0.000000871. The van der Waals surface area contributed by atoms with Gasteiger partial charge in [0.05, 0.1) is 7.11 Å². The van der Waals surface area contributed by atoms with Crippen molar-refractivity contribution >= 4 is 57.3 Å². The number of likely N-dealkylation sites (tertiary alicyclic amines) is 1. The van der Waals surface area contributed by atoms with Crippen LogP contribution < -0.4 is 15.2 Å². The number of fused-ring (bicyclic) bond motifs is 1. The molecule has 0 spiro atoms. The van der Waals surface area contributed by atoms with Crippen LogP contribution in [-0.4, -0.2) is 49.6 Å². The maximum atomic E-state index is 14.2. The molecule has 4 aromatic carbocycles. The van der Waals surface area contributed by atoms with Crippen molar-refractivity contribution < 1.29 is 14.3 Å². The molecule has 2 N–H and O–H groups in total. The lowest BCUT2D eigenvalue weighted by molar-refractivity contribution is 0.104. The van der Waals surface area contributed by atoms with Crippen molar-refractivity contribution in [3.05, 3.63) is 113 Å². The molecule has 1 fully saturated rings. The highest BCUT2D eigenvalue weighted by Gasteiger charge is 2.23. The van der Waals surface area contributed by atoms with Crippen LogP contribution in [0.15, 0.2) is 91.0 Å². The Morgan fingerprint density at radius 2 is 1.62 bits per heavy atom. The number of hydrogen-bond acceptors (Lipinski definition) is 8.